The van der Waals surface area contributed by atoms with Crippen molar-refractivity contribution in [3.05, 3.63) is 12.0 Å². The Hall–Kier alpha value is -0.0900. The summed E-state index contributed by atoms with van der Waals surface area (Å²) in [5.41, 5.74) is 0.941. The molecule has 68 valence electrons. The van der Waals surface area contributed by atoms with Crippen LogP contribution in [0.1, 0.15) is 12.6 Å². The van der Waals surface area contributed by atoms with Crippen LogP contribution in [-0.2, 0) is 0 Å². The second kappa shape index (κ2) is 4.82. The molecule has 0 bridgehead atoms. The van der Waals surface area contributed by atoms with Gasteiger partial charge in [-0.3, -0.25) is 0 Å². The van der Waals surface area contributed by atoms with E-state index in [0.29, 0.717) is 5.92 Å². The van der Waals surface area contributed by atoms with Gasteiger partial charge >= 0.3 is 0 Å². The van der Waals surface area contributed by atoms with Crippen LogP contribution < -0.4 is 0 Å². The van der Waals surface area contributed by atoms with E-state index in [1.807, 2.05) is 6.92 Å². The second-order valence-electron chi connectivity index (χ2n) is 2.85. The fourth-order valence-corrected chi connectivity index (χ4v) is 1.84. The number of nitrogens with zero attached hydrogens (tertiary/aromatic N) is 1. The summed E-state index contributed by atoms with van der Waals surface area (Å²) in [6.45, 7) is 4.09. The first-order valence-corrected chi connectivity index (χ1v) is 5.50. The summed E-state index contributed by atoms with van der Waals surface area (Å²) in [5, 5.41) is 0.765. The van der Waals surface area contributed by atoms with Crippen LogP contribution in [0.3, 0.4) is 0 Å². The van der Waals surface area contributed by atoms with Crippen molar-refractivity contribution < 1.29 is 4.42 Å². The number of thioether (sulfide) groups is 1. The lowest BCUT2D eigenvalue weighted by molar-refractivity contribution is 0.453. The molecule has 1 aromatic rings. The van der Waals surface area contributed by atoms with Gasteiger partial charge in [0.25, 0.3) is 5.22 Å². The van der Waals surface area contributed by atoms with Crippen molar-refractivity contribution in [3.8, 4) is 0 Å². The molecule has 1 unspecified atom stereocenters. The molecule has 0 aromatic carbocycles. The smallest absolute Gasteiger partial charge is 0.255 e. The molecule has 0 aliphatic carbocycles. The first-order valence-electron chi connectivity index (χ1n) is 3.88. The first kappa shape index (κ1) is 9.99. The van der Waals surface area contributed by atoms with E-state index in [-0.39, 0.29) is 0 Å². The summed E-state index contributed by atoms with van der Waals surface area (Å²) in [5.74, 6) is 2.53. The lowest BCUT2D eigenvalue weighted by Gasteiger charge is -2.03. The van der Waals surface area contributed by atoms with Gasteiger partial charge in [-0.2, -0.15) is 12.6 Å². The van der Waals surface area contributed by atoms with Gasteiger partial charge in [0, 0.05) is 5.75 Å². The second-order valence-corrected chi connectivity index (χ2v) is 4.19. The highest BCUT2D eigenvalue weighted by Crippen LogP contribution is 2.19. The zero-order chi connectivity index (χ0) is 8.97. The Morgan fingerprint density at radius 3 is 3.00 bits per heavy atom. The van der Waals surface area contributed by atoms with E-state index in [2.05, 4.69) is 24.5 Å². The molecular formula is C8H13NOS2. The molecule has 4 heteroatoms. The van der Waals surface area contributed by atoms with E-state index < -0.39 is 0 Å². The molecule has 2 nitrogen and oxygen atoms in total. The highest BCUT2D eigenvalue weighted by Gasteiger charge is 2.04. The minimum absolute atomic E-state index is 0.602. The topological polar surface area (TPSA) is 26.0 Å². The molecule has 0 N–H and O–H groups in total. The minimum atomic E-state index is 0.602. The number of thiol groups is 1. The van der Waals surface area contributed by atoms with Crippen LogP contribution in [0, 0.1) is 12.8 Å². The van der Waals surface area contributed by atoms with Gasteiger partial charge in [0.2, 0.25) is 0 Å². The molecule has 1 atom stereocenters. The molecule has 0 radical (unpaired) electrons. The standard InChI is InChI=1S/C8H13NOS2/c1-6(4-11)5-12-8-9-7(2)3-10-8/h3,6,11H,4-5H2,1-2H3. The van der Waals surface area contributed by atoms with Gasteiger partial charge in [-0.25, -0.2) is 4.98 Å². The Morgan fingerprint density at radius 2 is 2.50 bits per heavy atom. The Bertz CT molecular complexity index is 237. The average Bonchev–Trinajstić information content (AvgIpc) is 2.47. The molecule has 0 aliphatic rings. The van der Waals surface area contributed by atoms with Crippen molar-refractivity contribution >= 4 is 24.4 Å². The fourth-order valence-electron chi connectivity index (χ4n) is 0.665. The Morgan fingerprint density at radius 1 is 1.75 bits per heavy atom. The van der Waals surface area contributed by atoms with E-state index in [1.54, 1.807) is 18.0 Å². The van der Waals surface area contributed by atoms with Gasteiger partial charge in [0.15, 0.2) is 0 Å². The van der Waals surface area contributed by atoms with E-state index >= 15 is 0 Å². The lowest BCUT2D eigenvalue weighted by atomic mass is 10.3. The van der Waals surface area contributed by atoms with Crippen LogP contribution in [0.5, 0.6) is 0 Å². The largest absolute Gasteiger partial charge is 0.440 e. The summed E-state index contributed by atoms with van der Waals surface area (Å²) in [7, 11) is 0. The summed E-state index contributed by atoms with van der Waals surface area (Å²) < 4.78 is 5.19. The highest BCUT2D eigenvalue weighted by atomic mass is 32.2. The number of aromatic nitrogens is 1. The Labute approximate surface area is 82.5 Å². The van der Waals surface area contributed by atoms with Crippen LogP contribution >= 0.6 is 24.4 Å². The van der Waals surface area contributed by atoms with Crippen LogP contribution in [0.15, 0.2) is 15.9 Å². The molecule has 1 heterocycles. The number of oxazole rings is 1. The maximum Gasteiger partial charge on any atom is 0.255 e. The van der Waals surface area contributed by atoms with E-state index in [9.17, 15) is 0 Å². The predicted octanol–water partition coefficient (Wildman–Crippen LogP) is 2.64. The number of aryl methyl sites for hydroxylation is 1. The number of hydrogen-bond donors (Lipinski definition) is 1. The number of hydrogen-bond acceptors (Lipinski definition) is 4. The van der Waals surface area contributed by atoms with Gasteiger partial charge < -0.3 is 4.42 Å². The Kier molecular flexibility index (Phi) is 4.01. The predicted molar refractivity (Wildman–Crippen MR) is 55.0 cm³/mol. The van der Waals surface area contributed by atoms with E-state index in [4.69, 9.17) is 4.42 Å². The third kappa shape index (κ3) is 3.11. The molecular weight excluding hydrogens is 190 g/mol. The zero-order valence-corrected chi connectivity index (χ0v) is 8.99. The van der Waals surface area contributed by atoms with Crippen LogP contribution in [0.2, 0.25) is 0 Å². The molecule has 1 aromatic heterocycles. The lowest BCUT2D eigenvalue weighted by Crippen LogP contribution is -1.98. The van der Waals surface area contributed by atoms with Crippen LogP contribution in [0.25, 0.3) is 0 Å². The molecule has 12 heavy (non-hydrogen) atoms. The maximum atomic E-state index is 5.19. The summed E-state index contributed by atoms with van der Waals surface area (Å²) in [6.07, 6.45) is 1.67. The van der Waals surface area contributed by atoms with Gasteiger partial charge in [-0.05, 0) is 18.6 Å². The molecule has 0 amide bonds. The van der Waals surface area contributed by atoms with Crippen LogP contribution in [0.4, 0.5) is 0 Å². The first-order chi connectivity index (χ1) is 5.72. The van der Waals surface area contributed by atoms with Gasteiger partial charge in [-0.1, -0.05) is 18.7 Å². The SMILES string of the molecule is Cc1coc(SCC(C)CS)n1. The third-order valence-electron chi connectivity index (χ3n) is 1.40. The van der Waals surface area contributed by atoms with Crippen molar-refractivity contribution in [2.75, 3.05) is 11.5 Å². The molecule has 0 spiro atoms. The molecule has 1 rings (SSSR count). The maximum absolute atomic E-state index is 5.19. The monoisotopic (exact) mass is 203 g/mol. The summed E-state index contributed by atoms with van der Waals surface area (Å²) in [4.78, 5) is 4.19. The van der Waals surface area contributed by atoms with Gasteiger partial charge in [0.1, 0.15) is 6.26 Å². The molecule has 0 aliphatic heterocycles. The minimum Gasteiger partial charge on any atom is -0.440 e. The third-order valence-corrected chi connectivity index (χ3v) is 3.19. The fraction of sp³-hybridized carbons (Fsp3) is 0.625. The van der Waals surface area contributed by atoms with Crippen molar-refractivity contribution in [1.29, 1.82) is 0 Å². The van der Waals surface area contributed by atoms with E-state index in [1.165, 1.54) is 0 Å². The van der Waals surface area contributed by atoms with Crippen molar-refractivity contribution in [3.63, 3.8) is 0 Å². The van der Waals surface area contributed by atoms with Crippen molar-refractivity contribution in [1.82, 2.24) is 4.98 Å². The highest BCUT2D eigenvalue weighted by molar-refractivity contribution is 7.99. The van der Waals surface area contributed by atoms with Crippen molar-refractivity contribution in [2.45, 2.75) is 19.1 Å². The zero-order valence-electron chi connectivity index (χ0n) is 7.28. The molecule has 0 saturated heterocycles. The number of rotatable bonds is 4. The molecule has 0 saturated carbocycles. The summed E-state index contributed by atoms with van der Waals surface area (Å²) in [6, 6.07) is 0. The van der Waals surface area contributed by atoms with E-state index in [0.717, 1.165) is 22.4 Å². The van der Waals surface area contributed by atoms with Gasteiger partial charge in [0.05, 0.1) is 5.69 Å². The van der Waals surface area contributed by atoms with Gasteiger partial charge in [-0.15, -0.1) is 0 Å². The van der Waals surface area contributed by atoms with Crippen LogP contribution in [-0.4, -0.2) is 16.5 Å². The summed E-state index contributed by atoms with van der Waals surface area (Å²) >= 11 is 5.85. The normalized spacial score (nSPS) is 13.2. The van der Waals surface area contributed by atoms with Crippen molar-refractivity contribution in [2.24, 2.45) is 5.92 Å². The molecule has 0 fully saturated rings. The average molecular weight is 203 g/mol. The Balaban J connectivity index is 2.33. The quantitative estimate of drug-likeness (QED) is 0.602.